The molecule has 0 heterocycles. The number of nitrogens with two attached hydrogens (primary N) is 1. The lowest BCUT2D eigenvalue weighted by Crippen LogP contribution is -2.31. The fourth-order valence-corrected chi connectivity index (χ4v) is 2.18. The molecule has 0 aliphatic carbocycles. The number of aliphatic hydroxyl groups excluding tert-OH is 1. The highest BCUT2D eigenvalue weighted by Crippen LogP contribution is 2.32. The van der Waals surface area contributed by atoms with Crippen LogP contribution in [0.15, 0.2) is 18.2 Å². The van der Waals surface area contributed by atoms with E-state index in [1.54, 1.807) is 0 Å². The molecule has 0 radical (unpaired) electrons. The Bertz CT molecular complexity index is 422. The molecule has 0 aliphatic heterocycles. The second-order valence-electron chi connectivity index (χ2n) is 6.62. The van der Waals surface area contributed by atoms with Crippen LogP contribution in [0.2, 0.25) is 0 Å². The number of aliphatic hydroxyl groups is 1. The van der Waals surface area contributed by atoms with Crippen molar-refractivity contribution < 1.29 is 13.9 Å². The molecule has 0 saturated heterocycles. The monoisotopic (exact) mass is 285 g/mol. The van der Waals surface area contributed by atoms with Gasteiger partial charge in [0.1, 0.15) is 11.6 Å². The van der Waals surface area contributed by atoms with Gasteiger partial charge in [0.25, 0.3) is 0 Å². The molecule has 20 heavy (non-hydrogen) atoms. The molecule has 3 unspecified atom stereocenters. The molecule has 0 fully saturated rings. The Morgan fingerprint density at radius 3 is 2.05 bits per heavy atom. The van der Waals surface area contributed by atoms with Crippen molar-refractivity contribution in [3.05, 3.63) is 35.4 Å². The molecule has 0 bridgehead atoms. The summed E-state index contributed by atoms with van der Waals surface area (Å²) in [6, 6.07) is 3.30. The molecule has 3 atom stereocenters. The van der Waals surface area contributed by atoms with E-state index in [9.17, 15) is 13.9 Å². The summed E-state index contributed by atoms with van der Waals surface area (Å²) in [5.74, 6) is -1.47. The van der Waals surface area contributed by atoms with Crippen LogP contribution in [0.5, 0.6) is 0 Å². The third-order valence-corrected chi connectivity index (χ3v) is 4.10. The fourth-order valence-electron chi connectivity index (χ4n) is 2.18. The summed E-state index contributed by atoms with van der Waals surface area (Å²) in [5, 5.41) is 10.4. The Hall–Kier alpha value is -1.00. The van der Waals surface area contributed by atoms with Crippen molar-refractivity contribution in [2.45, 2.75) is 46.1 Å². The van der Waals surface area contributed by atoms with Crippen LogP contribution in [0.25, 0.3) is 0 Å². The van der Waals surface area contributed by atoms with Crippen LogP contribution in [0.4, 0.5) is 8.78 Å². The Morgan fingerprint density at radius 2 is 1.65 bits per heavy atom. The third-order valence-electron chi connectivity index (χ3n) is 4.10. The molecule has 114 valence electrons. The molecule has 0 amide bonds. The lowest BCUT2D eigenvalue weighted by atomic mass is 9.76. The van der Waals surface area contributed by atoms with Gasteiger partial charge in [-0.2, -0.15) is 0 Å². The Balaban J connectivity index is 2.89. The Labute approximate surface area is 120 Å². The van der Waals surface area contributed by atoms with Gasteiger partial charge in [-0.25, -0.2) is 8.78 Å². The normalized spacial score (nSPS) is 16.8. The van der Waals surface area contributed by atoms with Crippen molar-refractivity contribution >= 4 is 0 Å². The number of hydrogen-bond donors (Lipinski definition) is 2. The first-order valence-electron chi connectivity index (χ1n) is 6.99. The third kappa shape index (κ3) is 4.53. The van der Waals surface area contributed by atoms with E-state index in [1.807, 2.05) is 0 Å². The molecule has 1 aromatic rings. The molecule has 1 aromatic carbocycles. The smallest absolute Gasteiger partial charge is 0.126 e. The lowest BCUT2D eigenvalue weighted by Gasteiger charge is -2.31. The summed E-state index contributed by atoms with van der Waals surface area (Å²) in [5.41, 5.74) is 6.16. The van der Waals surface area contributed by atoms with E-state index in [-0.39, 0.29) is 17.9 Å². The Kier molecular flexibility index (Phi) is 5.66. The van der Waals surface area contributed by atoms with Gasteiger partial charge in [0.05, 0.1) is 6.10 Å². The molecule has 4 heteroatoms. The van der Waals surface area contributed by atoms with Crippen LogP contribution in [0.3, 0.4) is 0 Å². The van der Waals surface area contributed by atoms with Gasteiger partial charge in [-0.15, -0.1) is 0 Å². The van der Waals surface area contributed by atoms with Crippen molar-refractivity contribution in [2.75, 3.05) is 6.54 Å². The van der Waals surface area contributed by atoms with Crippen LogP contribution in [-0.2, 0) is 0 Å². The number of rotatable bonds is 5. The number of benzene rings is 1. The van der Waals surface area contributed by atoms with Gasteiger partial charge in [-0.05, 0) is 35.4 Å². The summed E-state index contributed by atoms with van der Waals surface area (Å²) >= 11 is 0. The Morgan fingerprint density at radius 1 is 1.15 bits per heavy atom. The molecular weight excluding hydrogens is 260 g/mol. The van der Waals surface area contributed by atoms with Gasteiger partial charge < -0.3 is 10.8 Å². The quantitative estimate of drug-likeness (QED) is 0.870. The van der Waals surface area contributed by atoms with Gasteiger partial charge in [0.2, 0.25) is 0 Å². The highest BCUT2D eigenvalue weighted by molar-refractivity contribution is 5.23. The molecule has 0 aliphatic rings. The van der Waals surface area contributed by atoms with Crippen LogP contribution >= 0.6 is 0 Å². The maximum atomic E-state index is 13.3. The van der Waals surface area contributed by atoms with Gasteiger partial charge >= 0.3 is 0 Å². The minimum Gasteiger partial charge on any atom is -0.392 e. The highest BCUT2D eigenvalue weighted by atomic mass is 19.1. The molecule has 3 N–H and O–H groups in total. The molecule has 0 saturated carbocycles. The first kappa shape index (κ1) is 17.1. The van der Waals surface area contributed by atoms with Crippen molar-refractivity contribution in [3.8, 4) is 0 Å². The van der Waals surface area contributed by atoms with Crippen LogP contribution in [-0.4, -0.2) is 17.8 Å². The number of hydrogen-bond acceptors (Lipinski definition) is 2. The highest BCUT2D eigenvalue weighted by Gasteiger charge is 2.27. The van der Waals surface area contributed by atoms with Crippen molar-refractivity contribution in [1.29, 1.82) is 0 Å². The second kappa shape index (κ2) is 6.64. The zero-order valence-corrected chi connectivity index (χ0v) is 12.7. The maximum Gasteiger partial charge on any atom is 0.126 e. The van der Waals surface area contributed by atoms with E-state index < -0.39 is 23.7 Å². The molecule has 2 nitrogen and oxygen atoms in total. The molecule has 0 aromatic heterocycles. The van der Waals surface area contributed by atoms with E-state index in [0.29, 0.717) is 12.0 Å². The van der Waals surface area contributed by atoms with Crippen molar-refractivity contribution in [2.24, 2.45) is 17.1 Å². The lowest BCUT2D eigenvalue weighted by molar-refractivity contribution is 0.0893. The first-order chi connectivity index (χ1) is 9.15. The average Bonchev–Trinajstić information content (AvgIpc) is 2.26. The minimum atomic E-state index is -0.713. The van der Waals surface area contributed by atoms with E-state index >= 15 is 0 Å². The zero-order valence-electron chi connectivity index (χ0n) is 12.7. The predicted octanol–water partition coefficient (Wildman–Crippen LogP) is 3.44. The van der Waals surface area contributed by atoms with Crippen LogP contribution in [0.1, 0.15) is 45.6 Å². The second-order valence-corrected chi connectivity index (χ2v) is 6.62. The van der Waals surface area contributed by atoms with Crippen LogP contribution < -0.4 is 5.73 Å². The van der Waals surface area contributed by atoms with E-state index in [0.717, 1.165) is 6.07 Å². The van der Waals surface area contributed by atoms with E-state index in [2.05, 4.69) is 27.7 Å². The minimum absolute atomic E-state index is 0.0628. The van der Waals surface area contributed by atoms with Crippen molar-refractivity contribution in [3.63, 3.8) is 0 Å². The van der Waals surface area contributed by atoms with Gasteiger partial charge in [0, 0.05) is 18.5 Å². The molecule has 1 rings (SSSR count). The van der Waals surface area contributed by atoms with E-state index in [1.165, 1.54) is 12.1 Å². The topological polar surface area (TPSA) is 46.2 Å². The summed E-state index contributed by atoms with van der Waals surface area (Å²) in [7, 11) is 0. The molecular formula is C16H25F2NO. The number of halogens is 2. The summed E-state index contributed by atoms with van der Waals surface area (Å²) in [4.78, 5) is 0. The summed E-state index contributed by atoms with van der Waals surface area (Å²) < 4.78 is 26.6. The maximum absolute atomic E-state index is 13.3. The van der Waals surface area contributed by atoms with Gasteiger partial charge in [0.15, 0.2) is 0 Å². The standard InChI is InChI=1S/C16H25F2NO/c1-10(16(2,3)4)5-15(20)14(9-19)11-6-12(17)8-13(18)7-11/h6-8,10,14-15,20H,5,9,19H2,1-4H3. The van der Waals surface area contributed by atoms with E-state index in [4.69, 9.17) is 5.73 Å². The zero-order chi connectivity index (χ0) is 15.5. The predicted molar refractivity (Wildman–Crippen MR) is 77.4 cm³/mol. The summed E-state index contributed by atoms with van der Waals surface area (Å²) in [6.07, 6.45) is -0.167. The van der Waals surface area contributed by atoms with Crippen LogP contribution in [0, 0.1) is 23.0 Å². The largest absolute Gasteiger partial charge is 0.392 e. The van der Waals surface area contributed by atoms with Gasteiger partial charge in [-0.1, -0.05) is 27.7 Å². The summed E-state index contributed by atoms with van der Waals surface area (Å²) in [6.45, 7) is 8.51. The molecule has 0 spiro atoms. The fraction of sp³-hybridized carbons (Fsp3) is 0.625. The van der Waals surface area contributed by atoms with Gasteiger partial charge in [-0.3, -0.25) is 0 Å². The SMILES string of the molecule is CC(CC(O)C(CN)c1cc(F)cc(F)c1)C(C)(C)C. The average molecular weight is 285 g/mol. The van der Waals surface area contributed by atoms with Crippen molar-refractivity contribution in [1.82, 2.24) is 0 Å². The first-order valence-corrected chi connectivity index (χ1v) is 6.99.